The zero-order chi connectivity index (χ0) is 15.4. The Balaban J connectivity index is 2.14. The van der Waals surface area contributed by atoms with Crippen molar-refractivity contribution in [2.75, 3.05) is 6.54 Å². The Hall–Kier alpha value is -2.17. The summed E-state index contributed by atoms with van der Waals surface area (Å²) in [6.45, 7) is 2.01. The number of carbonyl (C=O) groups excluding carboxylic acids is 2. The van der Waals surface area contributed by atoms with Crippen LogP contribution in [0.4, 0.5) is 0 Å². The lowest BCUT2D eigenvalue weighted by atomic mass is 9.94. The Kier molecular flexibility index (Phi) is 4.73. The van der Waals surface area contributed by atoms with E-state index >= 15 is 0 Å². The fraction of sp³-hybridized carbons (Fsp3) is 0.438. The topological polar surface area (TPSA) is 74.7 Å². The molecule has 1 heterocycles. The van der Waals surface area contributed by atoms with Crippen LogP contribution in [0.3, 0.4) is 0 Å². The van der Waals surface area contributed by atoms with Gasteiger partial charge in [-0.05, 0) is 24.8 Å². The van der Waals surface area contributed by atoms with Gasteiger partial charge in [0, 0.05) is 12.5 Å². The van der Waals surface area contributed by atoms with Gasteiger partial charge in [0.05, 0.1) is 0 Å². The number of likely N-dealkylation sites (tertiary alicyclic amines) is 1. The number of rotatable bonds is 4. The first-order valence-corrected chi connectivity index (χ1v) is 7.15. The quantitative estimate of drug-likeness (QED) is 0.858. The molecule has 1 N–H and O–H groups in total. The molecule has 5 heteroatoms. The largest absolute Gasteiger partial charge is 0.480 e. The minimum atomic E-state index is -1.04. The first-order valence-electron chi connectivity index (χ1n) is 7.15. The van der Waals surface area contributed by atoms with E-state index in [9.17, 15) is 19.5 Å². The summed E-state index contributed by atoms with van der Waals surface area (Å²) in [6, 6.07) is 8.17. The first kappa shape index (κ1) is 15.2. The van der Waals surface area contributed by atoms with Crippen LogP contribution in [0.15, 0.2) is 30.3 Å². The van der Waals surface area contributed by atoms with Gasteiger partial charge in [-0.15, -0.1) is 0 Å². The van der Waals surface area contributed by atoms with Crippen LogP contribution >= 0.6 is 0 Å². The second kappa shape index (κ2) is 6.52. The van der Waals surface area contributed by atoms with Gasteiger partial charge in [-0.25, -0.2) is 4.79 Å². The van der Waals surface area contributed by atoms with Crippen LogP contribution in [-0.2, 0) is 14.4 Å². The summed E-state index contributed by atoms with van der Waals surface area (Å²) in [6.07, 6.45) is 1.92. The Morgan fingerprint density at radius 3 is 2.48 bits per heavy atom. The highest BCUT2D eigenvalue weighted by atomic mass is 16.4. The molecule has 2 atom stereocenters. The van der Waals surface area contributed by atoms with E-state index in [1.807, 2.05) is 18.2 Å². The molecule has 1 amide bonds. The van der Waals surface area contributed by atoms with Gasteiger partial charge in [0.2, 0.25) is 5.78 Å². The number of hydrogen-bond donors (Lipinski definition) is 1. The zero-order valence-electron chi connectivity index (χ0n) is 12.0. The molecule has 1 saturated heterocycles. The third-order valence-electron chi connectivity index (χ3n) is 3.95. The van der Waals surface area contributed by atoms with Gasteiger partial charge in [0.15, 0.2) is 0 Å². The maximum Gasteiger partial charge on any atom is 0.326 e. The summed E-state index contributed by atoms with van der Waals surface area (Å²) in [5.41, 5.74) is 0.764. The van der Waals surface area contributed by atoms with Gasteiger partial charge in [-0.1, -0.05) is 37.3 Å². The molecule has 2 rings (SSSR count). The molecule has 1 aromatic rings. The number of aliphatic carboxylic acids is 1. The maximum absolute atomic E-state index is 12.3. The normalized spacial score (nSPS) is 19.9. The molecule has 0 spiro atoms. The molecule has 0 radical (unpaired) electrons. The molecule has 0 saturated carbocycles. The van der Waals surface area contributed by atoms with Crippen LogP contribution < -0.4 is 0 Å². The third kappa shape index (κ3) is 3.29. The van der Waals surface area contributed by atoms with Gasteiger partial charge in [-0.2, -0.15) is 0 Å². The summed E-state index contributed by atoms with van der Waals surface area (Å²) < 4.78 is 0. The third-order valence-corrected chi connectivity index (χ3v) is 3.95. The van der Waals surface area contributed by atoms with E-state index in [-0.39, 0.29) is 0 Å². The SMILES string of the molecule is CC(C(=O)C(=O)N1CCCCC1C(=O)O)c1ccccc1. The Bertz CT molecular complexity index is 540. The number of amides is 1. The van der Waals surface area contributed by atoms with Crippen molar-refractivity contribution in [3.8, 4) is 0 Å². The predicted octanol–water partition coefficient (Wildman–Crippen LogP) is 1.82. The van der Waals surface area contributed by atoms with E-state index in [0.29, 0.717) is 13.0 Å². The van der Waals surface area contributed by atoms with Crippen LogP contribution in [0.1, 0.15) is 37.7 Å². The van der Waals surface area contributed by atoms with E-state index in [2.05, 4.69) is 0 Å². The average Bonchev–Trinajstić information content (AvgIpc) is 2.53. The summed E-state index contributed by atoms with van der Waals surface area (Å²) in [4.78, 5) is 37.1. The Morgan fingerprint density at radius 1 is 1.19 bits per heavy atom. The van der Waals surface area contributed by atoms with Crippen LogP contribution in [0.25, 0.3) is 0 Å². The number of carbonyl (C=O) groups is 3. The van der Waals surface area contributed by atoms with Crippen LogP contribution in [0.2, 0.25) is 0 Å². The molecule has 5 nitrogen and oxygen atoms in total. The lowest BCUT2D eigenvalue weighted by Crippen LogP contribution is -2.51. The molecule has 2 unspecified atom stereocenters. The molecular formula is C16H19NO4. The summed E-state index contributed by atoms with van der Waals surface area (Å²) >= 11 is 0. The first-order chi connectivity index (χ1) is 10.0. The second-order valence-electron chi connectivity index (χ2n) is 5.34. The van der Waals surface area contributed by atoms with Crippen molar-refractivity contribution in [3.05, 3.63) is 35.9 Å². The van der Waals surface area contributed by atoms with Crippen molar-refractivity contribution in [3.63, 3.8) is 0 Å². The molecule has 112 valence electrons. The van der Waals surface area contributed by atoms with E-state index < -0.39 is 29.6 Å². The van der Waals surface area contributed by atoms with E-state index in [1.165, 1.54) is 4.90 Å². The summed E-state index contributed by atoms with van der Waals surface area (Å²) in [7, 11) is 0. The average molecular weight is 289 g/mol. The zero-order valence-corrected chi connectivity index (χ0v) is 12.0. The molecule has 1 aliphatic rings. The number of carboxylic acids is 1. The number of ketones is 1. The highest BCUT2D eigenvalue weighted by Crippen LogP contribution is 2.21. The Labute approximate surface area is 123 Å². The van der Waals surface area contributed by atoms with Crippen molar-refractivity contribution in [2.24, 2.45) is 0 Å². The van der Waals surface area contributed by atoms with Gasteiger partial charge < -0.3 is 10.0 Å². The van der Waals surface area contributed by atoms with Crippen molar-refractivity contribution in [1.82, 2.24) is 4.90 Å². The van der Waals surface area contributed by atoms with Gasteiger partial charge in [0.25, 0.3) is 5.91 Å². The van der Waals surface area contributed by atoms with Crippen molar-refractivity contribution >= 4 is 17.7 Å². The molecule has 0 aromatic heterocycles. The van der Waals surface area contributed by atoms with Crippen molar-refractivity contribution in [1.29, 1.82) is 0 Å². The van der Waals surface area contributed by atoms with Crippen molar-refractivity contribution < 1.29 is 19.5 Å². The summed E-state index contributed by atoms with van der Waals surface area (Å²) in [5.74, 6) is -2.83. The monoisotopic (exact) mass is 289 g/mol. The lowest BCUT2D eigenvalue weighted by Gasteiger charge is -2.33. The van der Waals surface area contributed by atoms with Gasteiger partial charge >= 0.3 is 5.97 Å². The van der Waals surface area contributed by atoms with Crippen molar-refractivity contribution in [2.45, 2.75) is 38.1 Å². The standard InChI is InChI=1S/C16H19NO4/c1-11(12-7-3-2-4-8-12)14(18)15(19)17-10-6-5-9-13(17)16(20)21/h2-4,7-8,11,13H,5-6,9-10H2,1H3,(H,20,21). The molecule has 0 bridgehead atoms. The van der Waals surface area contributed by atoms with E-state index in [0.717, 1.165) is 18.4 Å². The number of hydrogen-bond acceptors (Lipinski definition) is 3. The van der Waals surface area contributed by atoms with Gasteiger partial charge in [-0.3, -0.25) is 9.59 Å². The van der Waals surface area contributed by atoms with Crippen LogP contribution in [0.5, 0.6) is 0 Å². The fourth-order valence-corrected chi connectivity index (χ4v) is 2.65. The molecule has 1 fully saturated rings. The lowest BCUT2D eigenvalue weighted by molar-refractivity contribution is -0.155. The minimum absolute atomic E-state index is 0.336. The van der Waals surface area contributed by atoms with E-state index in [4.69, 9.17) is 0 Å². The van der Waals surface area contributed by atoms with Crippen LogP contribution in [0, 0.1) is 0 Å². The number of nitrogens with zero attached hydrogens (tertiary/aromatic N) is 1. The molecule has 0 aliphatic carbocycles. The molecule has 1 aliphatic heterocycles. The number of carboxylic acid groups (broad SMARTS) is 1. The Morgan fingerprint density at radius 2 is 1.86 bits per heavy atom. The fourth-order valence-electron chi connectivity index (χ4n) is 2.65. The highest BCUT2D eigenvalue weighted by molar-refractivity contribution is 6.38. The second-order valence-corrected chi connectivity index (χ2v) is 5.34. The van der Waals surface area contributed by atoms with E-state index in [1.54, 1.807) is 19.1 Å². The minimum Gasteiger partial charge on any atom is -0.480 e. The molecular weight excluding hydrogens is 270 g/mol. The predicted molar refractivity (Wildman–Crippen MR) is 76.9 cm³/mol. The highest BCUT2D eigenvalue weighted by Gasteiger charge is 2.36. The summed E-state index contributed by atoms with van der Waals surface area (Å²) in [5, 5.41) is 9.19. The molecule has 1 aromatic carbocycles. The number of piperidine rings is 1. The van der Waals surface area contributed by atoms with Gasteiger partial charge in [0.1, 0.15) is 6.04 Å². The maximum atomic E-state index is 12.3. The smallest absolute Gasteiger partial charge is 0.326 e. The number of Topliss-reactive ketones (excluding diaryl/α,β-unsaturated/α-hetero) is 1. The van der Waals surface area contributed by atoms with Crippen LogP contribution in [-0.4, -0.2) is 40.3 Å². The molecule has 21 heavy (non-hydrogen) atoms. The number of benzene rings is 1.